The summed E-state index contributed by atoms with van der Waals surface area (Å²) in [6.07, 6.45) is 1.43. The minimum absolute atomic E-state index is 0.129. The highest BCUT2D eigenvalue weighted by atomic mass is 19.1. The average molecular weight is 279 g/mol. The molecule has 0 fully saturated rings. The molecule has 0 aliphatic rings. The van der Waals surface area contributed by atoms with Crippen LogP contribution in [0.15, 0.2) is 41.0 Å². The second kappa shape index (κ2) is 6.21. The first-order chi connectivity index (χ1) is 9.65. The number of carbonyl (C=O) groups excluding carboxylic acids is 1. The SMILES string of the molecule is COc1ccc(C(=O)NC(CO)c2ccco2)c(F)c1. The summed E-state index contributed by atoms with van der Waals surface area (Å²) >= 11 is 0. The molecule has 0 spiro atoms. The third kappa shape index (κ3) is 2.97. The van der Waals surface area contributed by atoms with E-state index in [2.05, 4.69) is 5.32 Å². The zero-order valence-corrected chi connectivity index (χ0v) is 10.8. The molecule has 0 saturated heterocycles. The van der Waals surface area contributed by atoms with E-state index < -0.39 is 17.8 Å². The summed E-state index contributed by atoms with van der Waals surface area (Å²) in [4.78, 5) is 12.0. The Bertz CT molecular complexity index is 583. The van der Waals surface area contributed by atoms with Crippen molar-refractivity contribution >= 4 is 5.91 Å². The molecule has 1 heterocycles. The molecule has 2 aromatic rings. The van der Waals surface area contributed by atoms with E-state index in [0.29, 0.717) is 11.5 Å². The number of rotatable bonds is 5. The summed E-state index contributed by atoms with van der Waals surface area (Å²) in [5.74, 6) is -0.614. The van der Waals surface area contributed by atoms with Crippen molar-refractivity contribution in [3.8, 4) is 5.75 Å². The summed E-state index contributed by atoms with van der Waals surface area (Å²) in [5, 5.41) is 11.8. The summed E-state index contributed by atoms with van der Waals surface area (Å²) in [5.41, 5.74) is -0.129. The lowest BCUT2D eigenvalue weighted by atomic mass is 10.1. The van der Waals surface area contributed by atoms with Gasteiger partial charge in [-0.3, -0.25) is 4.79 Å². The van der Waals surface area contributed by atoms with E-state index in [9.17, 15) is 14.3 Å². The van der Waals surface area contributed by atoms with Gasteiger partial charge >= 0.3 is 0 Å². The van der Waals surface area contributed by atoms with Crippen molar-refractivity contribution in [2.75, 3.05) is 13.7 Å². The van der Waals surface area contributed by atoms with Gasteiger partial charge in [0.25, 0.3) is 5.91 Å². The maximum Gasteiger partial charge on any atom is 0.254 e. The van der Waals surface area contributed by atoms with Crippen LogP contribution in [0.3, 0.4) is 0 Å². The minimum Gasteiger partial charge on any atom is -0.497 e. The Morgan fingerprint density at radius 3 is 2.85 bits per heavy atom. The van der Waals surface area contributed by atoms with Crippen LogP contribution in [0.2, 0.25) is 0 Å². The van der Waals surface area contributed by atoms with Crippen LogP contribution in [0, 0.1) is 5.82 Å². The van der Waals surface area contributed by atoms with Crippen LogP contribution in [-0.4, -0.2) is 24.7 Å². The minimum atomic E-state index is -0.723. The Morgan fingerprint density at radius 1 is 1.50 bits per heavy atom. The largest absolute Gasteiger partial charge is 0.497 e. The molecule has 1 amide bonds. The molecule has 0 aliphatic carbocycles. The zero-order chi connectivity index (χ0) is 14.5. The van der Waals surface area contributed by atoms with Crippen LogP contribution >= 0.6 is 0 Å². The number of hydrogen-bond donors (Lipinski definition) is 2. The number of carbonyl (C=O) groups is 1. The van der Waals surface area contributed by atoms with Crippen LogP contribution in [0.4, 0.5) is 4.39 Å². The summed E-state index contributed by atoms with van der Waals surface area (Å²) < 4.78 is 23.7. The number of aliphatic hydroxyl groups is 1. The van der Waals surface area contributed by atoms with Crippen LogP contribution in [0.5, 0.6) is 5.75 Å². The van der Waals surface area contributed by atoms with Crippen molar-refractivity contribution in [3.05, 3.63) is 53.7 Å². The molecule has 5 nitrogen and oxygen atoms in total. The smallest absolute Gasteiger partial charge is 0.254 e. The molecule has 1 aromatic heterocycles. The van der Waals surface area contributed by atoms with Crippen molar-refractivity contribution in [2.45, 2.75) is 6.04 Å². The van der Waals surface area contributed by atoms with Gasteiger partial charge in [0.15, 0.2) is 0 Å². The maximum atomic E-state index is 13.8. The molecule has 6 heteroatoms. The third-order valence-electron chi connectivity index (χ3n) is 2.80. The zero-order valence-electron chi connectivity index (χ0n) is 10.8. The predicted octanol–water partition coefficient (Wildman–Crippen LogP) is 1.89. The highest BCUT2D eigenvalue weighted by Gasteiger charge is 2.19. The van der Waals surface area contributed by atoms with Crippen LogP contribution < -0.4 is 10.1 Å². The Balaban J connectivity index is 2.15. The van der Waals surface area contributed by atoms with Gasteiger partial charge in [-0.15, -0.1) is 0 Å². The maximum absolute atomic E-state index is 13.8. The van der Waals surface area contributed by atoms with E-state index >= 15 is 0 Å². The van der Waals surface area contributed by atoms with Crippen molar-refractivity contribution in [1.82, 2.24) is 5.32 Å². The van der Waals surface area contributed by atoms with Gasteiger partial charge in [0.05, 0.1) is 25.5 Å². The topological polar surface area (TPSA) is 71.7 Å². The number of halogens is 1. The number of aliphatic hydroxyl groups excluding tert-OH is 1. The molecule has 0 radical (unpaired) electrons. The van der Waals surface area contributed by atoms with Crippen LogP contribution in [0.25, 0.3) is 0 Å². The highest BCUT2D eigenvalue weighted by Crippen LogP contribution is 2.18. The molecule has 2 rings (SSSR count). The highest BCUT2D eigenvalue weighted by molar-refractivity contribution is 5.94. The van der Waals surface area contributed by atoms with E-state index in [1.54, 1.807) is 12.1 Å². The molecule has 0 bridgehead atoms. The monoisotopic (exact) mass is 279 g/mol. The molecule has 1 atom stereocenters. The second-order valence-electron chi connectivity index (χ2n) is 4.07. The lowest BCUT2D eigenvalue weighted by Gasteiger charge is -2.14. The predicted molar refractivity (Wildman–Crippen MR) is 69.0 cm³/mol. The molecule has 1 aromatic carbocycles. The van der Waals surface area contributed by atoms with Gasteiger partial charge in [0.2, 0.25) is 0 Å². The van der Waals surface area contributed by atoms with E-state index in [-0.39, 0.29) is 12.2 Å². The molecule has 0 aliphatic heterocycles. The van der Waals surface area contributed by atoms with E-state index in [4.69, 9.17) is 9.15 Å². The van der Waals surface area contributed by atoms with E-state index in [0.717, 1.165) is 6.07 Å². The summed E-state index contributed by atoms with van der Waals surface area (Å²) in [6.45, 7) is -0.350. The summed E-state index contributed by atoms with van der Waals surface area (Å²) in [6, 6.07) is 6.46. The first kappa shape index (κ1) is 14.1. The first-order valence-corrected chi connectivity index (χ1v) is 5.94. The molecular formula is C14H14FNO4. The van der Waals surface area contributed by atoms with Gasteiger partial charge < -0.3 is 19.6 Å². The molecular weight excluding hydrogens is 265 g/mol. The van der Waals surface area contributed by atoms with Gasteiger partial charge in [-0.1, -0.05) is 0 Å². The molecule has 2 N–H and O–H groups in total. The van der Waals surface area contributed by atoms with E-state index in [1.807, 2.05) is 0 Å². The van der Waals surface area contributed by atoms with Crippen molar-refractivity contribution in [3.63, 3.8) is 0 Å². The average Bonchev–Trinajstić information content (AvgIpc) is 2.98. The Morgan fingerprint density at radius 2 is 2.30 bits per heavy atom. The molecule has 20 heavy (non-hydrogen) atoms. The standard InChI is InChI=1S/C14H14FNO4/c1-19-9-4-5-10(11(15)7-9)14(18)16-12(8-17)13-3-2-6-20-13/h2-7,12,17H,8H2,1H3,(H,16,18). The Kier molecular flexibility index (Phi) is 4.37. The molecule has 106 valence electrons. The lowest BCUT2D eigenvalue weighted by Crippen LogP contribution is -2.31. The van der Waals surface area contributed by atoms with Crippen molar-refractivity contribution < 1.29 is 23.4 Å². The van der Waals surface area contributed by atoms with Gasteiger partial charge in [0.1, 0.15) is 23.4 Å². The fourth-order valence-electron chi connectivity index (χ4n) is 1.74. The van der Waals surface area contributed by atoms with Crippen LogP contribution in [0.1, 0.15) is 22.2 Å². The number of hydrogen-bond acceptors (Lipinski definition) is 4. The van der Waals surface area contributed by atoms with Crippen molar-refractivity contribution in [1.29, 1.82) is 0 Å². The fraction of sp³-hybridized carbons (Fsp3) is 0.214. The Labute approximate surface area is 115 Å². The van der Waals surface area contributed by atoms with Crippen molar-refractivity contribution in [2.24, 2.45) is 0 Å². The van der Waals surface area contributed by atoms with Gasteiger partial charge in [0, 0.05) is 6.07 Å². The normalized spacial score (nSPS) is 11.9. The first-order valence-electron chi connectivity index (χ1n) is 5.94. The number of methoxy groups -OCH3 is 1. The number of furan rings is 1. The quantitative estimate of drug-likeness (QED) is 0.876. The summed E-state index contributed by atoms with van der Waals surface area (Å²) in [7, 11) is 1.41. The van der Waals surface area contributed by atoms with Gasteiger partial charge in [-0.2, -0.15) is 0 Å². The Hall–Kier alpha value is -2.34. The number of ether oxygens (including phenoxy) is 1. The van der Waals surface area contributed by atoms with E-state index in [1.165, 1.54) is 25.5 Å². The lowest BCUT2D eigenvalue weighted by molar-refractivity contribution is 0.0903. The second-order valence-corrected chi connectivity index (χ2v) is 4.07. The molecule has 1 unspecified atom stereocenters. The van der Waals surface area contributed by atoms with Crippen LogP contribution in [-0.2, 0) is 0 Å². The third-order valence-corrected chi connectivity index (χ3v) is 2.80. The number of benzene rings is 1. The fourth-order valence-corrected chi connectivity index (χ4v) is 1.74. The molecule has 0 saturated carbocycles. The number of amides is 1. The van der Waals surface area contributed by atoms with Gasteiger partial charge in [-0.05, 0) is 24.3 Å². The number of nitrogens with one attached hydrogen (secondary N) is 1. The van der Waals surface area contributed by atoms with Gasteiger partial charge in [-0.25, -0.2) is 4.39 Å².